The lowest BCUT2D eigenvalue weighted by molar-refractivity contribution is 0.0808. The van der Waals surface area contributed by atoms with Crippen molar-refractivity contribution < 1.29 is 4.74 Å². The van der Waals surface area contributed by atoms with Crippen LogP contribution in [0.4, 0.5) is 0 Å². The van der Waals surface area contributed by atoms with Gasteiger partial charge in [0.1, 0.15) is 6.23 Å². The maximum absolute atomic E-state index is 5.33. The molecule has 14 heavy (non-hydrogen) atoms. The number of hydrogen-bond acceptors (Lipinski definition) is 2. The van der Waals surface area contributed by atoms with Crippen molar-refractivity contribution in [3.63, 3.8) is 0 Å². The maximum atomic E-state index is 5.33. The minimum atomic E-state index is 0.0286. The predicted octanol–water partition coefficient (Wildman–Crippen LogP) is 2.04. The SMILES string of the molecule is CNC(OC)c1ccc2c(c1)CCC2. The second-order valence-corrected chi connectivity index (χ2v) is 3.79. The molecule has 1 aromatic carbocycles. The Morgan fingerprint density at radius 2 is 2.07 bits per heavy atom. The largest absolute Gasteiger partial charge is 0.362 e. The van der Waals surface area contributed by atoms with Crippen LogP contribution in [0.3, 0.4) is 0 Å². The molecule has 0 saturated carbocycles. The minimum absolute atomic E-state index is 0.0286. The number of fused-ring (bicyclic) bond motifs is 1. The first-order valence-corrected chi connectivity index (χ1v) is 5.17. The molecule has 76 valence electrons. The normalized spacial score (nSPS) is 16.7. The Balaban J connectivity index is 2.27. The van der Waals surface area contributed by atoms with Crippen molar-refractivity contribution in [1.29, 1.82) is 0 Å². The molecule has 1 N–H and O–H groups in total. The van der Waals surface area contributed by atoms with Gasteiger partial charge in [0.25, 0.3) is 0 Å². The van der Waals surface area contributed by atoms with E-state index in [1.807, 2.05) is 7.05 Å². The van der Waals surface area contributed by atoms with Gasteiger partial charge in [-0.1, -0.05) is 18.2 Å². The van der Waals surface area contributed by atoms with Gasteiger partial charge in [0.05, 0.1) is 0 Å². The molecule has 1 aliphatic rings. The quantitative estimate of drug-likeness (QED) is 0.738. The fraction of sp³-hybridized carbons (Fsp3) is 0.500. The number of methoxy groups -OCH3 is 1. The van der Waals surface area contributed by atoms with E-state index in [-0.39, 0.29) is 6.23 Å². The van der Waals surface area contributed by atoms with Gasteiger partial charge in [-0.15, -0.1) is 0 Å². The zero-order chi connectivity index (χ0) is 9.97. The van der Waals surface area contributed by atoms with Crippen LogP contribution in [0.25, 0.3) is 0 Å². The zero-order valence-corrected chi connectivity index (χ0v) is 8.84. The molecule has 0 fully saturated rings. The Labute approximate surface area is 85.3 Å². The third-order valence-electron chi connectivity index (χ3n) is 2.92. The van der Waals surface area contributed by atoms with E-state index in [0.29, 0.717) is 0 Å². The third-order valence-corrected chi connectivity index (χ3v) is 2.92. The average Bonchev–Trinajstić information content (AvgIpc) is 2.66. The summed E-state index contributed by atoms with van der Waals surface area (Å²) in [7, 11) is 3.65. The van der Waals surface area contributed by atoms with E-state index >= 15 is 0 Å². The van der Waals surface area contributed by atoms with Crippen LogP contribution in [-0.4, -0.2) is 14.2 Å². The van der Waals surface area contributed by atoms with Crippen molar-refractivity contribution in [3.05, 3.63) is 34.9 Å². The maximum Gasteiger partial charge on any atom is 0.133 e. The molecule has 1 atom stereocenters. The predicted molar refractivity (Wildman–Crippen MR) is 57.3 cm³/mol. The van der Waals surface area contributed by atoms with E-state index in [0.717, 1.165) is 0 Å². The highest BCUT2D eigenvalue weighted by Gasteiger charge is 2.14. The monoisotopic (exact) mass is 191 g/mol. The molecule has 1 aliphatic carbocycles. The summed E-state index contributed by atoms with van der Waals surface area (Å²) in [6.45, 7) is 0. The summed E-state index contributed by atoms with van der Waals surface area (Å²) in [5.41, 5.74) is 4.25. The van der Waals surface area contributed by atoms with E-state index < -0.39 is 0 Å². The summed E-state index contributed by atoms with van der Waals surface area (Å²) in [6, 6.07) is 6.67. The standard InChI is InChI=1S/C12H17NO/c1-13-12(14-2)11-7-6-9-4-3-5-10(9)8-11/h6-8,12-13H,3-5H2,1-2H3. The summed E-state index contributed by atoms with van der Waals surface area (Å²) in [6.07, 6.45) is 3.80. The van der Waals surface area contributed by atoms with Gasteiger partial charge < -0.3 is 4.74 Å². The lowest BCUT2D eigenvalue weighted by Crippen LogP contribution is -2.18. The summed E-state index contributed by atoms with van der Waals surface area (Å²) >= 11 is 0. The van der Waals surface area contributed by atoms with Crippen molar-refractivity contribution in [1.82, 2.24) is 5.32 Å². The lowest BCUT2D eigenvalue weighted by Gasteiger charge is -2.15. The van der Waals surface area contributed by atoms with Crippen LogP contribution < -0.4 is 5.32 Å². The van der Waals surface area contributed by atoms with Gasteiger partial charge in [0.15, 0.2) is 0 Å². The van der Waals surface area contributed by atoms with Crippen LogP contribution >= 0.6 is 0 Å². The zero-order valence-electron chi connectivity index (χ0n) is 8.84. The Morgan fingerprint density at radius 1 is 1.29 bits per heavy atom. The Morgan fingerprint density at radius 3 is 2.79 bits per heavy atom. The average molecular weight is 191 g/mol. The topological polar surface area (TPSA) is 21.3 Å². The van der Waals surface area contributed by atoms with Gasteiger partial charge >= 0.3 is 0 Å². The van der Waals surface area contributed by atoms with Gasteiger partial charge in [-0.25, -0.2) is 0 Å². The van der Waals surface area contributed by atoms with E-state index in [1.54, 1.807) is 7.11 Å². The number of benzene rings is 1. The number of hydrogen-bond donors (Lipinski definition) is 1. The molecule has 2 nitrogen and oxygen atoms in total. The molecule has 1 unspecified atom stereocenters. The van der Waals surface area contributed by atoms with E-state index in [4.69, 9.17) is 4.74 Å². The molecule has 0 spiro atoms. The molecule has 0 aliphatic heterocycles. The molecular formula is C12H17NO. The number of aryl methyl sites for hydroxylation is 2. The molecule has 0 saturated heterocycles. The van der Waals surface area contributed by atoms with E-state index in [9.17, 15) is 0 Å². The minimum Gasteiger partial charge on any atom is -0.362 e. The molecule has 0 amide bonds. The van der Waals surface area contributed by atoms with Crippen LogP contribution in [0.5, 0.6) is 0 Å². The number of rotatable bonds is 3. The lowest BCUT2D eigenvalue weighted by atomic mass is 10.1. The molecule has 2 rings (SSSR count). The van der Waals surface area contributed by atoms with Gasteiger partial charge in [0, 0.05) is 7.11 Å². The Hall–Kier alpha value is -0.860. The Bertz CT molecular complexity index is 318. The van der Waals surface area contributed by atoms with Crippen LogP contribution in [-0.2, 0) is 17.6 Å². The molecular weight excluding hydrogens is 174 g/mol. The van der Waals surface area contributed by atoms with Gasteiger partial charge in [-0.2, -0.15) is 0 Å². The van der Waals surface area contributed by atoms with Crippen molar-refractivity contribution in [3.8, 4) is 0 Å². The molecule has 1 aromatic rings. The van der Waals surface area contributed by atoms with Crippen LogP contribution in [0, 0.1) is 0 Å². The van der Waals surface area contributed by atoms with Crippen LogP contribution in [0.1, 0.15) is 29.3 Å². The second kappa shape index (κ2) is 4.11. The molecule has 2 heteroatoms. The fourth-order valence-corrected chi connectivity index (χ4v) is 2.18. The van der Waals surface area contributed by atoms with Crippen LogP contribution in [0.15, 0.2) is 18.2 Å². The first-order chi connectivity index (χ1) is 6.85. The number of ether oxygens (including phenoxy) is 1. The van der Waals surface area contributed by atoms with Crippen molar-refractivity contribution in [2.45, 2.75) is 25.5 Å². The van der Waals surface area contributed by atoms with Crippen molar-refractivity contribution in [2.24, 2.45) is 0 Å². The highest BCUT2D eigenvalue weighted by molar-refractivity contribution is 5.36. The molecule has 0 radical (unpaired) electrons. The smallest absolute Gasteiger partial charge is 0.133 e. The highest BCUT2D eigenvalue weighted by atomic mass is 16.5. The first kappa shape index (κ1) is 9.69. The van der Waals surface area contributed by atoms with Gasteiger partial charge in [-0.3, -0.25) is 5.32 Å². The summed E-state index contributed by atoms with van der Waals surface area (Å²) in [5, 5.41) is 3.14. The van der Waals surface area contributed by atoms with Crippen molar-refractivity contribution >= 4 is 0 Å². The summed E-state index contributed by atoms with van der Waals surface area (Å²) in [5.74, 6) is 0. The Kier molecular flexibility index (Phi) is 2.85. The second-order valence-electron chi connectivity index (χ2n) is 3.79. The summed E-state index contributed by atoms with van der Waals surface area (Å²) < 4.78 is 5.33. The first-order valence-electron chi connectivity index (χ1n) is 5.17. The molecule has 0 aromatic heterocycles. The third kappa shape index (κ3) is 1.68. The van der Waals surface area contributed by atoms with E-state index in [1.165, 1.54) is 36.0 Å². The molecule has 0 heterocycles. The van der Waals surface area contributed by atoms with Gasteiger partial charge in [-0.05, 0) is 43.0 Å². The fourth-order valence-electron chi connectivity index (χ4n) is 2.18. The van der Waals surface area contributed by atoms with E-state index in [2.05, 4.69) is 23.5 Å². The highest BCUT2D eigenvalue weighted by Crippen LogP contribution is 2.25. The summed E-state index contributed by atoms with van der Waals surface area (Å²) in [4.78, 5) is 0. The van der Waals surface area contributed by atoms with Crippen LogP contribution in [0.2, 0.25) is 0 Å². The van der Waals surface area contributed by atoms with Crippen molar-refractivity contribution in [2.75, 3.05) is 14.2 Å². The number of nitrogens with one attached hydrogen (secondary N) is 1. The molecule has 0 bridgehead atoms. The van der Waals surface area contributed by atoms with Gasteiger partial charge in [0.2, 0.25) is 0 Å².